The fourth-order valence-corrected chi connectivity index (χ4v) is 2.51. The van der Waals surface area contributed by atoms with Crippen molar-refractivity contribution in [2.45, 2.75) is 32.5 Å². The number of nitrogens with zero attached hydrogens (tertiary/aromatic N) is 2. The van der Waals surface area contributed by atoms with Gasteiger partial charge < -0.3 is 4.74 Å². The van der Waals surface area contributed by atoms with Crippen molar-refractivity contribution in [3.8, 4) is 0 Å². The number of benzene rings is 2. The first-order valence-electron chi connectivity index (χ1n) is 7.56. The maximum atomic E-state index is 5.91. The highest BCUT2D eigenvalue weighted by atomic mass is 16.5. The molecule has 0 aliphatic carbocycles. The lowest BCUT2D eigenvalue weighted by Crippen LogP contribution is -2.20. The highest BCUT2D eigenvalue weighted by Crippen LogP contribution is 2.33. The second-order valence-corrected chi connectivity index (χ2v) is 5.80. The van der Waals surface area contributed by atoms with Crippen molar-refractivity contribution in [2.75, 3.05) is 0 Å². The molecule has 3 rings (SSSR count). The van der Waals surface area contributed by atoms with Crippen molar-refractivity contribution in [1.29, 1.82) is 0 Å². The van der Waals surface area contributed by atoms with Gasteiger partial charge in [-0.3, -0.25) is 0 Å². The summed E-state index contributed by atoms with van der Waals surface area (Å²) < 4.78 is 5.91. The molecule has 1 heterocycles. The lowest BCUT2D eigenvalue weighted by molar-refractivity contribution is 0.231. The van der Waals surface area contributed by atoms with Crippen LogP contribution in [0.4, 0.5) is 0 Å². The Kier molecular flexibility index (Phi) is 3.80. The van der Waals surface area contributed by atoms with Crippen molar-refractivity contribution >= 4 is 11.6 Å². The predicted molar refractivity (Wildman–Crippen MR) is 90.4 cm³/mol. The Morgan fingerprint density at radius 2 is 1.45 bits per heavy atom. The lowest BCUT2D eigenvalue weighted by Gasteiger charge is -2.17. The van der Waals surface area contributed by atoms with Crippen LogP contribution in [0.1, 0.15) is 31.9 Å². The van der Waals surface area contributed by atoms with E-state index in [2.05, 4.69) is 0 Å². The standard InChI is InChI=1S/C19H20N2O/c1-14(2)22-18-17(15-10-6-4-7-11-15)20-19(3,21-18)16-12-8-5-9-13-16/h4-14H,1-3H3. The maximum absolute atomic E-state index is 5.91. The van der Waals surface area contributed by atoms with Crippen LogP contribution in [0, 0.1) is 0 Å². The Hall–Kier alpha value is -2.42. The van der Waals surface area contributed by atoms with E-state index in [4.69, 9.17) is 14.7 Å². The van der Waals surface area contributed by atoms with Crippen LogP contribution in [0.2, 0.25) is 0 Å². The van der Waals surface area contributed by atoms with Gasteiger partial charge in [0.15, 0.2) is 5.66 Å². The van der Waals surface area contributed by atoms with Crippen LogP contribution < -0.4 is 0 Å². The zero-order valence-electron chi connectivity index (χ0n) is 13.2. The average Bonchev–Trinajstić information content (AvgIpc) is 2.86. The van der Waals surface area contributed by atoms with Crippen molar-refractivity contribution < 1.29 is 4.74 Å². The Balaban J connectivity index is 2.07. The highest BCUT2D eigenvalue weighted by molar-refractivity contribution is 6.46. The molecule has 0 amide bonds. The number of aliphatic imine (C=N–C) groups is 2. The van der Waals surface area contributed by atoms with Crippen LogP contribution >= 0.6 is 0 Å². The minimum Gasteiger partial charge on any atom is -0.474 e. The molecule has 0 saturated heterocycles. The molecule has 1 atom stereocenters. The van der Waals surface area contributed by atoms with Gasteiger partial charge in [0.05, 0.1) is 6.10 Å². The molecule has 22 heavy (non-hydrogen) atoms. The minimum atomic E-state index is -0.628. The zero-order valence-corrected chi connectivity index (χ0v) is 13.2. The summed E-state index contributed by atoms with van der Waals surface area (Å²) in [5, 5.41) is 0. The quantitative estimate of drug-likeness (QED) is 0.835. The summed E-state index contributed by atoms with van der Waals surface area (Å²) in [6.45, 7) is 6.02. The lowest BCUT2D eigenvalue weighted by atomic mass is 10.0. The summed E-state index contributed by atoms with van der Waals surface area (Å²) in [6, 6.07) is 20.2. The maximum Gasteiger partial charge on any atom is 0.238 e. The molecule has 0 fully saturated rings. The van der Waals surface area contributed by atoms with Crippen molar-refractivity contribution in [1.82, 2.24) is 0 Å². The fourth-order valence-electron chi connectivity index (χ4n) is 2.51. The van der Waals surface area contributed by atoms with E-state index in [1.807, 2.05) is 81.4 Å². The summed E-state index contributed by atoms with van der Waals surface area (Å²) in [5.41, 5.74) is 2.28. The first-order valence-corrected chi connectivity index (χ1v) is 7.56. The molecular formula is C19H20N2O. The SMILES string of the molecule is CC(C)OC1=NC(C)(c2ccccc2)N=C1c1ccccc1. The van der Waals surface area contributed by atoms with Crippen LogP contribution in [0.15, 0.2) is 70.6 Å². The second-order valence-electron chi connectivity index (χ2n) is 5.80. The molecule has 3 nitrogen and oxygen atoms in total. The van der Waals surface area contributed by atoms with Gasteiger partial charge in [-0.15, -0.1) is 0 Å². The summed E-state index contributed by atoms with van der Waals surface area (Å²) in [5.74, 6) is 0.618. The Morgan fingerprint density at radius 1 is 0.864 bits per heavy atom. The van der Waals surface area contributed by atoms with Crippen molar-refractivity contribution in [3.63, 3.8) is 0 Å². The monoisotopic (exact) mass is 292 g/mol. The first kappa shape index (κ1) is 14.5. The minimum absolute atomic E-state index is 0.0609. The Morgan fingerprint density at radius 3 is 2.05 bits per heavy atom. The topological polar surface area (TPSA) is 34.0 Å². The summed E-state index contributed by atoms with van der Waals surface area (Å²) in [7, 11) is 0. The van der Waals surface area contributed by atoms with Gasteiger partial charge in [-0.2, -0.15) is 0 Å². The number of ether oxygens (including phenoxy) is 1. The molecule has 0 radical (unpaired) electrons. The molecule has 2 aromatic rings. The van der Waals surface area contributed by atoms with Gasteiger partial charge in [0.25, 0.3) is 0 Å². The van der Waals surface area contributed by atoms with E-state index in [9.17, 15) is 0 Å². The van der Waals surface area contributed by atoms with Crippen molar-refractivity contribution in [2.24, 2.45) is 9.98 Å². The number of rotatable bonds is 3. The van der Waals surface area contributed by atoms with E-state index < -0.39 is 5.66 Å². The van der Waals surface area contributed by atoms with Gasteiger partial charge in [0, 0.05) is 11.1 Å². The molecule has 112 valence electrons. The highest BCUT2D eigenvalue weighted by Gasteiger charge is 2.35. The molecule has 0 N–H and O–H groups in total. The largest absolute Gasteiger partial charge is 0.474 e. The molecule has 3 heteroatoms. The van der Waals surface area contributed by atoms with E-state index in [1.165, 1.54) is 0 Å². The third-order valence-corrected chi connectivity index (χ3v) is 3.57. The van der Waals surface area contributed by atoms with E-state index >= 15 is 0 Å². The molecular weight excluding hydrogens is 272 g/mol. The smallest absolute Gasteiger partial charge is 0.238 e. The van der Waals surface area contributed by atoms with Gasteiger partial charge in [0.1, 0.15) is 5.71 Å². The molecule has 0 bridgehead atoms. The molecule has 0 saturated carbocycles. The van der Waals surface area contributed by atoms with Gasteiger partial charge in [-0.1, -0.05) is 60.7 Å². The fraction of sp³-hybridized carbons (Fsp3) is 0.263. The predicted octanol–water partition coefficient (Wildman–Crippen LogP) is 4.19. The summed E-state index contributed by atoms with van der Waals surface area (Å²) in [6.07, 6.45) is 0.0609. The molecule has 1 unspecified atom stereocenters. The van der Waals surface area contributed by atoms with E-state index in [1.54, 1.807) is 0 Å². The van der Waals surface area contributed by atoms with Crippen molar-refractivity contribution in [3.05, 3.63) is 71.8 Å². The third-order valence-electron chi connectivity index (χ3n) is 3.57. The van der Waals surface area contributed by atoms with Crippen LogP contribution in [0.25, 0.3) is 0 Å². The van der Waals surface area contributed by atoms with Crippen LogP contribution in [0.5, 0.6) is 0 Å². The molecule has 0 spiro atoms. The second kappa shape index (κ2) is 5.76. The van der Waals surface area contributed by atoms with Gasteiger partial charge in [0.2, 0.25) is 5.90 Å². The number of hydrogen-bond donors (Lipinski definition) is 0. The van der Waals surface area contributed by atoms with Crippen LogP contribution in [-0.2, 0) is 10.4 Å². The third kappa shape index (κ3) is 2.80. The van der Waals surface area contributed by atoms with Gasteiger partial charge in [-0.05, 0) is 20.8 Å². The Labute approximate surface area is 131 Å². The molecule has 2 aromatic carbocycles. The molecule has 1 aliphatic rings. The normalized spacial score (nSPS) is 20.7. The number of hydrogen-bond acceptors (Lipinski definition) is 3. The summed E-state index contributed by atoms with van der Waals surface area (Å²) in [4.78, 5) is 9.66. The first-order chi connectivity index (χ1) is 10.6. The average molecular weight is 292 g/mol. The molecule has 0 aromatic heterocycles. The van der Waals surface area contributed by atoms with Gasteiger partial charge >= 0.3 is 0 Å². The van der Waals surface area contributed by atoms with Crippen LogP contribution in [-0.4, -0.2) is 17.7 Å². The van der Waals surface area contributed by atoms with E-state index in [0.29, 0.717) is 5.90 Å². The van der Waals surface area contributed by atoms with E-state index in [0.717, 1.165) is 16.8 Å². The van der Waals surface area contributed by atoms with Crippen LogP contribution in [0.3, 0.4) is 0 Å². The Bertz CT molecular complexity index is 705. The van der Waals surface area contributed by atoms with Gasteiger partial charge in [-0.25, -0.2) is 9.98 Å². The zero-order chi connectivity index (χ0) is 15.6. The molecule has 1 aliphatic heterocycles. The van der Waals surface area contributed by atoms with E-state index in [-0.39, 0.29) is 6.10 Å². The summed E-state index contributed by atoms with van der Waals surface area (Å²) >= 11 is 0.